The number of aromatic nitrogens is 4. The zero-order valence-corrected chi connectivity index (χ0v) is 18.8. The van der Waals surface area contributed by atoms with Gasteiger partial charge in [0.15, 0.2) is 17.4 Å². The Morgan fingerprint density at radius 1 is 1.08 bits per heavy atom. The van der Waals surface area contributed by atoms with E-state index in [0.717, 1.165) is 27.1 Å². The molecule has 5 N–H and O–H groups in total. The number of H-pyrrole nitrogens is 1. The number of benzene rings is 3. The molecule has 4 unspecified atom stereocenters. The number of hydrazone groups is 1. The highest BCUT2D eigenvalue weighted by Gasteiger charge is 2.45. The third kappa shape index (κ3) is 3.53. The van der Waals surface area contributed by atoms with Gasteiger partial charge in [-0.25, -0.2) is 15.4 Å². The summed E-state index contributed by atoms with van der Waals surface area (Å²) in [5, 5.41) is 38.9. The molecule has 0 aliphatic carbocycles. The summed E-state index contributed by atoms with van der Waals surface area (Å²) in [6.07, 6.45) is -2.02. The Labute approximate surface area is 203 Å². The van der Waals surface area contributed by atoms with Gasteiger partial charge >= 0.3 is 0 Å². The molecule has 2 aromatic heterocycles. The molecule has 3 aromatic carbocycles. The number of hydrogen-bond donors (Lipinski definition) is 5. The van der Waals surface area contributed by atoms with Crippen molar-refractivity contribution in [3.63, 3.8) is 0 Å². The molecular weight excluding hydrogens is 464 g/mol. The Hall–Kier alpha value is -4.16. The Morgan fingerprint density at radius 2 is 1.78 bits per heavy atom. The number of hydrogen-bond acceptors (Lipinski definition) is 9. The quantitative estimate of drug-likeness (QED) is 0.142. The van der Waals surface area contributed by atoms with Crippen molar-refractivity contribution in [2.75, 3.05) is 12.0 Å². The predicted molar refractivity (Wildman–Crippen MR) is 134 cm³/mol. The van der Waals surface area contributed by atoms with E-state index >= 15 is 0 Å². The highest BCUT2D eigenvalue weighted by molar-refractivity contribution is 6.13. The molecule has 3 heterocycles. The molecule has 11 nitrogen and oxygen atoms in total. The summed E-state index contributed by atoms with van der Waals surface area (Å²) >= 11 is 0. The first kappa shape index (κ1) is 22.3. The van der Waals surface area contributed by atoms with Gasteiger partial charge in [-0.15, -0.1) is 0 Å². The first-order valence-electron chi connectivity index (χ1n) is 11.3. The number of nitrogens with one attached hydrogen (secondary N) is 2. The lowest BCUT2D eigenvalue weighted by Crippen LogP contribution is -2.33. The summed E-state index contributed by atoms with van der Waals surface area (Å²) in [6.45, 7) is -0.496. The van der Waals surface area contributed by atoms with E-state index in [0.29, 0.717) is 0 Å². The molecule has 0 saturated carbocycles. The van der Waals surface area contributed by atoms with Crippen LogP contribution in [-0.2, 0) is 4.74 Å². The smallest absolute Gasteiger partial charge is 0.278 e. The molecule has 6 rings (SSSR count). The van der Waals surface area contributed by atoms with E-state index in [9.17, 15) is 20.1 Å². The van der Waals surface area contributed by atoms with E-state index in [1.54, 1.807) is 6.21 Å². The minimum Gasteiger partial charge on any atom is -0.394 e. The van der Waals surface area contributed by atoms with Gasteiger partial charge in [0.2, 0.25) is 5.95 Å². The molecule has 4 atom stereocenters. The van der Waals surface area contributed by atoms with Crippen molar-refractivity contribution in [2.24, 2.45) is 5.10 Å². The van der Waals surface area contributed by atoms with Crippen molar-refractivity contribution in [2.45, 2.75) is 24.5 Å². The fourth-order valence-electron chi connectivity index (χ4n) is 4.68. The normalized spacial score (nSPS) is 22.3. The summed E-state index contributed by atoms with van der Waals surface area (Å²) in [5.74, 6) is 0.0739. The van der Waals surface area contributed by atoms with Crippen LogP contribution in [0.15, 0.2) is 70.8 Å². The number of fused-ring (bicyclic) bond motifs is 3. The van der Waals surface area contributed by atoms with E-state index in [1.807, 2.05) is 48.5 Å². The second-order valence-electron chi connectivity index (χ2n) is 8.54. The maximum atomic E-state index is 12.4. The van der Waals surface area contributed by atoms with Crippen LogP contribution in [-0.4, -0.2) is 66.0 Å². The zero-order valence-electron chi connectivity index (χ0n) is 18.8. The zero-order chi connectivity index (χ0) is 24.8. The lowest BCUT2D eigenvalue weighted by Gasteiger charge is -2.18. The molecule has 5 aromatic rings. The Kier molecular flexibility index (Phi) is 5.46. The van der Waals surface area contributed by atoms with Gasteiger partial charge < -0.3 is 25.0 Å². The van der Waals surface area contributed by atoms with Crippen molar-refractivity contribution in [1.29, 1.82) is 0 Å². The van der Waals surface area contributed by atoms with Crippen LogP contribution in [0, 0.1) is 0 Å². The van der Waals surface area contributed by atoms with Crippen LogP contribution in [0.3, 0.4) is 0 Å². The van der Waals surface area contributed by atoms with E-state index in [2.05, 4.69) is 31.5 Å². The molecule has 11 heteroatoms. The minimum atomic E-state index is -1.40. The highest BCUT2D eigenvalue weighted by Crippen LogP contribution is 2.34. The molecule has 182 valence electrons. The van der Waals surface area contributed by atoms with Crippen molar-refractivity contribution >= 4 is 44.9 Å². The maximum absolute atomic E-state index is 12.4. The van der Waals surface area contributed by atoms with Gasteiger partial charge in [-0.3, -0.25) is 9.36 Å². The lowest BCUT2D eigenvalue weighted by atomic mass is 9.97. The van der Waals surface area contributed by atoms with Crippen LogP contribution in [0.5, 0.6) is 0 Å². The van der Waals surface area contributed by atoms with Gasteiger partial charge in [0.25, 0.3) is 5.56 Å². The van der Waals surface area contributed by atoms with Gasteiger partial charge in [-0.2, -0.15) is 5.10 Å². The first-order valence-corrected chi connectivity index (χ1v) is 11.3. The summed E-state index contributed by atoms with van der Waals surface area (Å²) < 4.78 is 7.03. The number of ether oxygens (including phenoxy) is 1. The molecule has 1 fully saturated rings. The SMILES string of the molecule is O=c1[nH]cnc2c1nc(NN=Cc1c3ccccc3cc3ccccc13)n2C1OC(CO)C(O)C1O. The number of anilines is 1. The average Bonchev–Trinajstić information content (AvgIpc) is 3.40. The largest absolute Gasteiger partial charge is 0.394 e. The third-order valence-corrected chi connectivity index (χ3v) is 6.43. The molecule has 0 spiro atoms. The molecule has 0 radical (unpaired) electrons. The molecular formula is C25H22N6O5. The average molecular weight is 486 g/mol. The van der Waals surface area contributed by atoms with Crippen LogP contribution in [0.1, 0.15) is 11.8 Å². The van der Waals surface area contributed by atoms with Gasteiger partial charge in [-0.1, -0.05) is 48.5 Å². The second kappa shape index (κ2) is 8.81. The number of imidazole rings is 1. The number of rotatable bonds is 5. The topological polar surface area (TPSA) is 158 Å². The second-order valence-corrected chi connectivity index (χ2v) is 8.54. The minimum absolute atomic E-state index is 0.00329. The number of aliphatic hydroxyl groups excluding tert-OH is 3. The predicted octanol–water partition coefficient (Wildman–Crippen LogP) is 1.48. The Morgan fingerprint density at radius 3 is 2.44 bits per heavy atom. The van der Waals surface area contributed by atoms with Gasteiger partial charge in [0, 0.05) is 5.56 Å². The van der Waals surface area contributed by atoms with Crippen LogP contribution < -0.4 is 11.0 Å². The van der Waals surface area contributed by atoms with Crippen molar-refractivity contribution in [3.8, 4) is 0 Å². The Balaban J connectivity index is 1.45. The summed E-state index contributed by atoms with van der Waals surface area (Å²) in [7, 11) is 0. The van der Waals surface area contributed by atoms with Crippen LogP contribution in [0.25, 0.3) is 32.7 Å². The van der Waals surface area contributed by atoms with Crippen LogP contribution in [0.4, 0.5) is 5.95 Å². The fraction of sp³-hybridized carbons (Fsp3) is 0.200. The van der Waals surface area contributed by atoms with Crippen LogP contribution >= 0.6 is 0 Å². The molecule has 1 aliphatic rings. The first-order chi connectivity index (χ1) is 17.6. The summed E-state index contributed by atoms with van der Waals surface area (Å²) in [5.41, 5.74) is 3.38. The molecule has 0 bridgehead atoms. The van der Waals surface area contributed by atoms with Gasteiger partial charge in [0.1, 0.15) is 18.3 Å². The van der Waals surface area contributed by atoms with E-state index in [-0.39, 0.29) is 17.1 Å². The summed E-state index contributed by atoms with van der Waals surface area (Å²) in [4.78, 5) is 23.4. The molecule has 36 heavy (non-hydrogen) atoms. The van der Waals surface area contributed by atoms with E-state index in [1.165, 1.54) is 10.9 Å². The lowest BCUT2D eigenvalue weighted by molar-refractivity contribution is -0.0501. The molecule has 1 aliphatic heterocycles. The standard InChI is InChI=1S/C25H22N6O5/c32-11-18-20(33)21(34)24(36-18)31-22-19(23(35)27-12-26-22)29-25(31)30-28-10-17-15-7-3-1-5-13(15)9-14-6-2-4-8-16(14)17/h1-10,12,18,20-21,24,32-34H,11H2,(H,29,30)(H,26,27,35). The van der Waals surface area contributed by atoms with Gasteiger partial charge in [0.05, 0.1) is 19.1 Å². The van der Waals surface area contributed by atoms with Crippen molar-refractivity contribution < 1.29 is 20.1 Å². The molecule has 1 saturated heterocycles. The van der Waals surface area contributed by atoms with E-state index in [4.69, 9.17) is 4.74 Å². The fourth-order valence-corrected chi connectivity index (χ4v) is 4.68. The number of aliphatic hydroxyl groups is 3. The Bertz CT molecular complexity index is 1620. The van der Waals surface area contributed by atoms with E-state index < -0.39 is 36.7 Å². The number of nitrogens with zero attached hydrogens (tertiary/aromatic N) is 4. The number of aromatic amines is 1. The van der Waals surface area contributed by atoms with Crippen LogP contribution in [0.2, 0.25) is 0 Å². The monoisotopic (exact) mass is 486 g/mol. The maximum Gasteiger partial charge on any atom is 0.278 e. The van der Waals surface area contributed by atoms with Gasteiger partial charge in [-0.05, 0) is 27.6 Å². The van der Waals surface area contributed by atoms with Crippen molar-refractivity contribution in [1.82, 2.24) is 19.5 Å². The third-order valence-electron chi connectivity index (χ3n) is 6.43. The van der Waals surface area contributed by atoms with Crippen molar-refractivity contribution in [3.05, 3.63) is 76.8 Å². The highest BCUT2D eigenvalue weighted by atomic mass is 16.6. The molecule has 0 amide bonds. The summed E-state index contributed by atoms with van der Waals surface area (Å²) in [6, 6.07) is 18.1.